The molecule has 5 heteroatoms. The maximum absolute atomic E-state index is 11.8. The zero-order chi connectivity index (χ0) is 19.9. The van der Waals surface area contributed by atoms with Gasteiger partial charge in [0.15, 0.2) is 0 Å². The summed E-state index contributed by atoms with van der Waals surface area (Å²) in [6.07, 6.45) is 1.95. The average molecular weight is 380 g/mol. The van der Waals surface area contributed by atoms with Crippen LogP contribution in [0.4, 0.5) is 0 Å². The zero-order valence-corrected chi connectivity index (χ0v) is 16.4. The topological polar surface area (TPSA) is 61.8 Å². The van der Waals surface area contributed by atoms with E-state index in [9.17, 15) is 9.90 Å². The first kappa shape index (κ1) is 20.0. The van der Waals surface area contributed by atoms with Crippen molar-refractivity contribution in [3.05, 3.63) is 66.4 Å². The van der Waals surface area contributed by atoms with Crippen LogP contribution in [0.2, 0.25) is 0 Å². The summed E-state index contributed by atoms with van der Waals surface area (Å²) in [5.74, 6) is -0.0379. The van der Waals surface area contributed by atoms with Gasteiger partial charge in [-0.15, -0.1) is 0 Å². The minimum absolute atomic E-state index is 0.279. The van der Waals surface area contributed by atoms with Crippen LogP contribution in [0.1, 0.15) is 25.3 Å². The summed E-state index contributed by atoms with van der Waals surface area (Å²) >= 11 is 0. The fraction of sp³-hybridized carbons (Fsp3) is 0.348. The van der Waals surface area contributed by atoms with Gasteiger partial charge in [0.05, 0.1) is 6.61 Å². The summed E-state index contributed by atoms with van der Waals surface area (Å²) in [7, 11) is 0. The number of nitrogens with zero attached hydrogens (tertiary/aromatic N) is 1. The highest BCUT2D eigenvalue weighted by molar-refractivity contribution is 5.87. The van der Waals surface area contributed by atoms with Gasteiger partial charge >= 0.3 is 5.97 Å². The molecule has 0 saturated carbocycles. The molecule has 148 valence electrons. The Labute approximate surface area is 166 Å². The first-order valence-electron chi connectivity index (χ1n) is 9.79. The summed E-state index contributed by atoms with van der Waals surface area (Å²) in [6, 6.07) is 16.1. The number of nitrogens with one attached hydrogen (secondary N) is 1. The molecular formula is C23H28N2O3. The Balaban J connectivity index is 1.46. The lowest BCUT2D eigenvalue weighted by molar-refractivity contribution is -0.140. The quantitative estimate of drug-likeness (QED) is 0.567. The van der Waals surface area contributed by atoms with Crippen molar-refractivity contribution in [1.82, 2.24) is 10.2 Å². The first-order chi connectivity index (χ1) is 13.6. The highest BCUT2D eigenvalue weighted by Crippen LogP contribution is 2.22. The molecule has 2 aromatic rings. The standard InChI is InChI=1S/C23H28N2O3/c1-3-28-23(27)17(2)25-14-12-21(13-15-25)24-16-18-4-6-19(7-5-18)20-8-10-22(26)11-9-20/h4-11,21,24,26H,2-3,12-16H2,1H3. The number of esters is 1. The molecule has 0 bridgehead atoms. The van der Waals surface area contributed by atoms with Gasteiger partial charge in [-0.3, -0.25) is 0 Å². The van der Waals surface area contributed by atoms with Gasteiger partial charge in [-0.2, -0.15) is 0 Å². The molecule has 2 N–H and O–H groups in total. The number of benzene rings is 2. The second-order valence-electron chi connectivity index (χ2n) is 7.05. The van der Waals surface area contributed by atoms with Gasteiger partial charge < -0.3 is 20.1 Å². The molecule has 3 rings (SSSR count). The molecule has 0 unspecified atom stereocenters. The molecular weight excluding hydrogens is 352 g/mol. The highest BCUT2D eigenvalue weighted by Gasteiger charge is 2.23. The second-order valence-corrected chi connectivity index (χ2v) is 7.05. The van der Waals surface area contributed by atoms with E-state index >= 15 is 0 Å². The number of rotatable bonds is 7. The van der Waals surface area contributed by atoms with E-state index in [-0.39, 0.29) is 11.7 Å². The van der Waals surface area contributed by atoms with Gasteiger partial charge in [-0.25, -0.2) is 4.79 Å². The number of hydrogen-bond donors (Lipinski definition) is 2. The molecule has 1 fully saturated rings. The molecule has 0 aliphatic carbocycles. The van der Waals surface area contributed by atoms with Crippen molar-refractivity contribution >= 4 is 5.97 Å². The normalized spacial score (nSPS) is 14.7. The molecule has 1 aliphatic rings. The molecule has 1 heterocycles. The van der Waals surface area contributed by atoms with Crippen LogP contribution < -0.4 is 5.32 Å². The number of ether oxygens (including phenoxy) is 1. The number of aromatic hydroxyl groups is 1. The number of phenolic OH excluding ortho intramolecular Hbond substituents is 1. The Kier molecular flexibility index (Phi) is 6.71. The van der Waals surface area contributed by atoms with Crippen molar-refractivity contribution in [3.63, 3.8) is 0 Å². The highest BCUT2D eigenvalue weighted by atomic mass is 16.5. The number of piperidine rings is 1. The molecule has 0 amide bonds. The van der Waals surface area contributed by atoms with E-state index in [1.54, 1.807) is 19.1 Å². The van der Waals surface area contributed by atoms with Gasteiger partial charge in [0.25, 0.3) is 0 Å². The Bertz CT molecular complexity index is 792. The van der Waals surface area contributed by atoms with E-state index in [4.69, 9.17) is 4.74 Å². The van der Waals surface area contributed by atoms with Gasteiger partial charge in [-0.1, -0.05) is 43.0 Å². The molecule has 2 aromatic carbocycles. The molecule has 1 saturated heterocycles. The fourth-order valence-electron chi connectivity index (χ4n) is 3.43. The van der Waals surface area contributed by atoms with Crippen molar-refractivity contribution in [2.75, 3.05) is 19.7 Å². The van der Waals surface area contributed by atoms with Crippen molar-refractivity contribution < 1.29 is 14.6 Å². The van der Waals surface area contributed by atoms with Crippen LogP contribution in [0, 0.1) is 0 Å². The van der Waals surface area contributed by atoms with Crippen molar-refractivity contribution in [3.8, 4) is 16.9 Å². The van der Waals surface area contributed by atoms with Crippen LogP contribution in [-0.2, 0) is 16.1 Å². The van der Waals surface area contributed by atoms with Gasteiger partial charge in [0, 0.05) is 25.7 Å². The Hall–Kier alpha value is -2.79. The molecule has 28 heavy (non-hydrogen) atoms. The number of carbonyl (C=O) groups is 1. The van der Waals surface area contributed by atoms with Crippen LogP contribution in [0.5, 0.6) is 5.75 Å². The number of likely N-dealkylation sites (tertiary alicyclic amines) is 1. The molecule has 0 atom stereocenters. The SMILES string of the molecule is C=C(C(=O)OCC)N1CCC(NCc2ccc(-c3ccc(O)cc3)cc2)CC1. The number of carbonyl (C=O) groups excluding carboxylic acids is 1. The minimum Gasteiger partial charge on any atom is -0.508 e. The third-order valence-electron chi connectivity index (χ3n) is 5.14. The summed E-state index contributed by atoms with van der Waals surface area (Å²) in [5.41, 5.74) is 3.92. The van der Waals surface area contributed by atoms with Crippen LogP contribution in [0.25, 0.3) is 11.1 Å². The summed E-state index contributed by atoms with van der Waals surface area (Å²) in [4.78, 5) is 13.8. The van der Waals surface area contributed by atoms with E-state index in [1.807, 2.05) is 17.0 Å². The monoisotopic (exact) mass is 380 g/mol. The largest absolute Gasteiger partial charge is 0.508 e. The second kappa shape index (κ2) is 9.42. The Morgan fingerprint density at radius 1 is 1.11 bits per heavy atom. The van der Waals surface area contributed by atoms with E-state index in [2.05, 4.69) is 36.2 Å². The summed E-state index contributed by atoms with van der Waals surface area (Å²) in [6.45, 7) is 8.50. The van der Waals surface area contributed by atoms with Gasteiger partial charge in [-0.05, 0) is 48.6 Å². The van der Waals surface area contributed by atoms with Gasteiger partial charge in [0.1, 0.15) is 11.4 Å². The van der Waals surface area contributed by atoms with Crippen LogP contribution in [0.15, 0.2) is 60.8 Å². The lowest BCUT2D eigenvalue weighted by atomic mass is 10.0. The predicted octanol–water partition coefficient (Wildman–Crippen LogP) is 3.69. The summed E-state index contributed by atoms with van der Waals surface area (Å²) in [5, 5.41) is 13.0. The smallest absolute Gasteiger partial charge is 0.353 e. The average Bonchev–Trinajstić information content (AvgIpc) is 2.73. The molecule has 0 aromatic heterocycles. The lowest BCUT2D eigenvalue weighted by Gasteiger charge is -2.34. The number of phenols is 1. The third-order valence-corrected chi connectivity index (χ3v) is 5.14. The Morgan fingerprint density at radius 2 is 1.68 bits per heavy atom. The first-order valence-corrected chi connectivity index (χ1v) is 9.79. The van der Waals surface area contributed by atoms with Crippen molar-refractivity contribution in [2.45, 2.75) is 32.4 Å². The molecule has 1 aliphatic heterocycles. The molecule has 5 nitrogen and oxygen atoms in total. The van der Waals surface area contributed by atoms with Crippen LogP contribution in [-0.4, -0.2) is 41.7 Å². The van der Waals surface area contributed by atoms with Crippen LogP contribution in [0.3, 0.4) is 0 Å². The number of hydrogen-bond acceptors (Lipinski definition) is 5. The third kappa shape index (κ3) is 5.14. The molecule has 0 radical (unpaired) electrons. The maximum atomic E-state index is 11.8. The summed E-state index contributed by atoms with van der Waals surface area (Å²) < 4.78 is 5.03. The van der Waals surface area contributed by atoms with Crippen LogP contribution >= 0.6 is 0 Å². The van der Waals surface area contributed by atoms with E-state index < -0.39 is 0 Å². The predicted molar refractivity (Wildman–Crippen MR) is 111 cm³/mol. The van der Waals surface area contributed by atoms with Gasteiger partial charge in [0.2, 0.25) is 0 Å². The van der Waals surface area contributed by atoms with E-state index in [0.717, 1.165) is 43.6 Å². The minimum atomic E-state index is -0.317. The maximum Gasteiger partial charge on any atom is 0.353 e. The zero-order valence-electron chi connectivity index (χ0n) is 16.4. The van der Waals surface area contributed by atoms with Crippen molar-refractivity contribution in [2.24, 2.45) is 0 Å². The fourth-order valence-corrected chi connectivity index (χ4v) is 3.43. The van der Waals surface area contributed by atoms with Crippen molar-refractivity contribution in [1.29, 1.82) is 0 Å². The lowest BCUT2D eigenvalue weighted by Crippen LogP contribution is -2.43. The molecule has 0 spiro atoms. The van der Waals surface area contributed by atoms with E-state index in [1.165, 1.54) is 5.56 Å². The van der Waals surface area contributed by atoms with E-state index in [0.29, 0.717) is 18.3 Å². The Morgan fingerprint density at radius 3 is 2.25 bits per heavy atom.